The maximum absolute atomic E-state index is 13.8. The van der Waals surface area contributed by atoms with Crippen LogP contribution in [0.1, 0.15) is 12.0 Å². The fraction of sp³-hybridized carbons (Fsp3) is 0.0952. The molecule has 1 saturated heterocycles. The lowest BCUT2D eigenvalue weighted by Crippen LogP contribution is -2.67. The molecule has 7 heteroatoms. The minimum absolute atomic E-state index is 0.103. The van der Waals surface area contributed by atoms with E-state index in [0.29, 0.717) is 5.56 Å². The van der Waals surface area contributed by atoms with E-state index in [9.17, 15) is 18.4 Å². The standard InChI is InChI=1S/C21H15F2N3O2/c22-15-3-1-5-17(11-15)25-20(28)21(14-7-9-24-10-8-14)13-19(27)26(21)18-6-2-4-16(23)12-18/h1-12H,13H2,(H,25,28). The third kappa shape index (κ3) is 2.90. The molecule has 3 aromatic rings. The maximum Gasteiger partial charge on any atom is 0.255 e. The molecule has 1 unspecified atom stereocenters. The average molecular weight is 379 g/mol. The highest BCUT2D eigenvalue weighted by Gasteiger charge is 2.58. The molecular formula is C21H15F2N3O2. The number of amides is 2. The summed E-state index contributed by atoms with van der Waals surface area (Å²) >= 11 is 0. The van der Waals surface area contributed by atoms with Crippen molar-refractivity contribution in [1.82, 2.24) is 4.98 Å². The van der Waals surface area contributed by atoms with Crippen LogP contribution in [0.2, 0.25) is 0 Å². The molecule has 2 amide bonds. The number of benzene rings is 2. The smallest absolute Gasteiger partial charge is 0.255 e. The Bertz CT molecular complexity index is 1060. The molecule has 1 N–H and O–H groups in total. The van der Waals surface area contributed by atoms with Crippen LogP contribution in [0.25, 0.3) is 0 Å². The number of pyridine rings is 1. The van der Waals surface area contributed by atoms with Crippen LogP contribution in [-0.4, -0.2) is 16.8 Å². The third-order valence-corrected chi connectivity index (χ3v) is 4.72. The molecule has 0 aliphatic carbocycles. The average Bonchev–Trinajstić information content (AvgIpc) is 2.66. The number of halogens is 2. The fourth-order valence-corrected chi connectivity index (χ4v) is 3.45. The number of hydrogen-bond acceptors (Lipinski definition) is 3. The van der Waals surface area contributed by atoms with Gasteiger partial charge in [0.2, 0.25) is 5.91 Å². The number of carbonyl (C=O) groups excluding carboxylic acids is 2. The first-order chi connectivity index (χ1) is 13.5. The minimum atomic E-state index is -1.39. The Hall–Kier alpha value is -3.61. The van der Waals surface area contributed by atoms with E-state index in [-0.39, 0.29) is 23.7 Å². The quantitative estimate of drug-likeness (QED) is 0.704. The number of rotatable bonds is 4. The summed E-state index contributed by atoms with van der Waals surface area (Å²) in [7, 11) is 0. The van der Waals surface area contributed by atoms with E-state index in [2.05, 4.69) is 10.3 Å². The van der Waals surface area contributed by atoms with Gasteiger partial charge in [-0.3, -0.25) is 19.5 Å². The van der Waals surface area contributed by atoms with Gasteiger partial charge in [-0.25, -0.2) is 8.78 Å². The van der Waals surface area contributed by atoms with Crippen molar-refractivity contribution in [3.63, 3.8) is 0 Å². The Morgan fingerprint density at radius 3 is 2.32 bits per heavy atom. The van der Waals surface area contributed by atoms with Crippen molar-refractivity contribution in [2.45, 2.75) is 12.0 Å². The molecule has 140 valence electrons. The summed E-state index contributed by atoms with van der Waals surface area (Å²) in [6.45, 7) is 0. The van der Waals surface area contributed by atoms with Crippen LogP contribution in [0.5, 0.6) is 0 Å². The molecule has 0 saturated carbocycles. The van der Waals surface area contributed by atoms with Crippen molar-refractivity contribution < 1.29 is 18.4 Å². The first kappa shape index (κ1) is 17.8. The van der Waals surface area contributed by atoms with Gasteiger partial charge in [-0.2, -0.15) is 0 Å². The molecule has 0 bridgehead atoms. The third-order valence-electron chi connectivity index (χ3n) is 4.72. The van der Waals surface area contributed by atoms with E-state index >= 15 is 0 Å². The highest BCUT2D eigenvalue weighted by molar-refractivity contribution is 6.17. The molecule has 1 aliphatic heterocycles. The molecule has 0 radical (unpaired) electrons. The second kappa shape index (κ2) is 6.84. The predicted octanol–water partition coefficient (Wildman–Crippen LogP) is 3.63. The van der Waals surface area contributed by atoms with E-state index in [4.69, 9.17) is 0 Å². The first-order valence-corrected chi connectivity index (χ1v) is 8.57. The predicted molar refractivity (Wildman–Crippen MR) is 99.4 cm³/mol. The lowest BCUT2D eigenvalue weighted by atomic mass is 9.76. The molecule has 1 aliphatic rings. The molecule has 1 fully saturated rings. The SMILES string of the molecule is O=C1CC(C(=O)Nc2cccc(F)c2)(c2ccncc2)N1c1cccc(F)c1. The second-order valence-electron chi connectivity index (χ2n) is 6.45. The molecule has 1 atom stereocenters. The molecular weight excluding hydrogens is 364 g/mol. The van der Waals surface area contributed by atoms with Crippen molar-refractivity contribution in [2.75, 3.05) is 10.2 Å². The molecule has 2 heterocycles. The van der Waals surface area contributed by atoms with Gasteiger partial charge in [0.25, 0.3) is 5.91 Å². The lowest BCUT2D eigenvalue weighted by molar-refractivity contribution is -0.137. The van der Waals surface area contributed by atoms with Gasteiger partial charge in [0.1, 0.15) is 11.6 Å². The van der Waals surface area contributed by atoms with Gasteiger partial charge in [0, 0.05) is 23.8 Å². The zero-order chi connectivity index (χ0) is 19.7. The summed E-state index contributed by atoms with van der Waals surface area (Å²) in [5.74, 6) is -1.86. The molecule has 28 heavy (non-hydrogen) atoms. The topological polar surface area (TPSA) is 62.3 Å². The van der Waals surface area contributed by atoms with Crippen LogP contribution in [0.4, 0.5) is 20.2 Å². The van der Waals surface area contributed by atoms with Gasteiger partial charge in [-0.1, -0.05) is 12.1 Å². The Kier molecular flexibility index (Phi) is 4.35. The van der Waals surface area contributed by atoms with Crippen LogP contribution in [0.3, 0.4) is 0 Å². The van der Waals surface area contributed by atoms with Gasteiger partial charge < -0.3 is 5.32 Å². The van der Waals surface area contributed by atoms with Crippen molar-refractivity contribution in [3.05, 3.63) is 90.3 Å². The Morgan fingerprint density at radius 2 is 1.68 bits per heavy atom. The first-order valence-electron chi connectivity index (χ1n) is 8.57. The van der Waals surface area contributed by atoms with E-state index in [0.717, 1.165) is 0 Å². The lowest BCUT2D eigenvalue weighted by Gasteiger charge is -2.50. The molecule has 5 nitrogen and oxygen atoms in total. The van der Waals surface area contributed by atoms with Crippen molar-refractivity contribution in [2.24, 2.45) is 0 Å². The summed E-state index contributed by atoms with van der Waals surface area (Å²) in [4.78, 5) is 31.0. The van der Waals surface area contributed by atoms with Crippen molar-refractivity contribution in [3.8, 4) is 0 Å². The van der Waals surface area contributed by atoms with Gasteiger partial charge in [0.15, 0.2) is 5.54 Å². The summed E-state index contributed by atoms with van der Waals surface area (Å²) in [5, 5.41) is 2.67. The van der Waals surface area contributed by atoms with E-state index in [1.807, 2.05) is 0 Å². The van der Waals surface area contributed by atoms with Gasteiger partial charge in [-0.05, 0) is 54.1 Å². The number of hydrogen-bond donors (Lipinski definition) is 1. The highest BCUT2D eigenvalue weighted by Crippen LogP contribution is 2.45. The van der Waals surface area contributed by atoms with Crippen LogP contribution in [-0.2, 0) is 15.1 Å². The van der Waals surface area contributed by atoms with Crippen molar-refractivity contribution >= 4 is 23.2 Å². The minimum Gasteiger partial charge on any atom is -0.324 e. The summed E-state index contributed by atoms with van der Waals surface area (Å²) in [5.41, 5.74) is -0.333. The Morgan fingerprint density at radius 1 is 1.00 bits per heavy atom. The van der Waals surface area contributed by atoms with E-state index < -0.39 is 23.1 Å². The number of anilines is 2. The number of nitrogens with one attached hydrogen (secondary N) is 1. The van der Waals surface area contributed by atoms with Gasteiger partial charge in [-0.15, -0.1) is 0 Å². The zero-order valence-corrected chi connectivity index (χ0v) is 14.6. The number of nitrogens with zero attached hydrogens (tertiary/aromatic N) is 2. The summed E-state index contributed by atoms with van der Waals surface area (Å²) in [6, 6.07) is 14.2. The van der Waals surface area contributed by atoms with E-state index in [1.54, 1.807) is 24.3 Å². The molecule has 2 aromatic carbocycles. The van der Waals surface area contributed by atoms with E-state index in [1.165, 1.54) is 53.7 Å². The van der Waals surface area contributed by atoms with Crippen molar-refractivity contribution in [1.29, 1.82) is 0 Å². The second-order valence-corrected chi connectivity index (χ2v) is 6.45. The zero-order valence-electron chi connectivity index (χ0n) is 14.6. The Labute approximate surface area is 159 Å². The summed E-state index contributed by atoms with van der Waals surface area (Å²) in [6.07, 6.45) is 2.92. The van der Waals surface area contributed by atoms with Gasteiger partial charge in [0.05, 0.1) is 6.42 Å². The maximum atomic E-state index is 13.8. The fourth-order valence-electron chi connectivity index (χ4n) is 3.45. The highest BCUT2D eigenvalue weighted by atomic mass is 19.1. The molecule has 0 spiro atoms. The monoisotopic (exact) mass is 379 g/mol. The number of aromatic nitrogens is 1. The van der Waals surface area contributed by atoms with Crippen LogP contribution >= 0.6 is 0 Å². The Balaban J connectivity index is 1.79. The molecule has 4 rings (SSSR count). The summed E-state index contributed by atoms with van der Waals surface area (Å²) < 4.78 is 27.3. The number of carbonyl (C=O) groups is 2. The normalized spacial score (nSPS) is 18.5. The molecule has 1 aromatic heterocycles. The van der Waals surface area contributed by atoms with Crippen LogP contribution in [0.15, 0.2) is 73.1 Å². The van der Waals surface area contributed by atoms with Gasteiger partial charge >= 0.3 is 0 Å². The van der Waals surface area contributed by atoms with Crippen LogP contribution < -0.4 is 10.2 Å². The number of β-lactam (4-membered cyclic amide) rings is 1. The van der Waals surface area contributed by atoms with Crippen LogP contribution in [0, 0.1) is 11.6 Å². The largest absolute Gasteiger partial charge is 0.324 e.